The van der Waals surface area contributed by atoms with Crippen LogP contribution < -0.4 is 0 Å². The van der Waals surface area contributed by atoms with Crippen LogP contribution in [0.4, 0.5) is 0 Å². The van der Waals surface area contributed by atoms with Gasteiger partial charge in [0.25, 0.3) is 0 Å². The maximum atomic E-state index is 9.17. The van der Waals surface area contributed by atoms with Crippen LogP contribution in [-0.2, 0) is 0 Å². The zero-order valence-corrected chi connectivity index (χ0v) is 6.88. The summed E-state index contributed by atoms with van der Waals surface area (Å²) < 4.78 is 0. The maximum absolute atomic E-state index is 9.17. The van der Waals surface area contributed by atoms with Crippen molar-refractivity contribution < 1.29 is 5.11 Å². The Morgan fingerprint density at radius 2 is 2.20 bits per heavy atom. The molecule has 1 radical (unpaired) electrons. The van der Waals surface area contributed by atoms with E-state index in [0.29, 0.717) is 5.92 Å². The van der Waals surface area contributed by atoms with Gasteiger partial charge in [0.05, 0.1) is 6.10 Å². The summed E-state index contributed by atoms with van der Waals surface area (Å²) in [5.74, 6) is 0.307. The molecule has 10 heavy (non-hydrogen) atoms. The molecular formula is C9H17O. The molecule has 0 spiro atoms. The lowest BCUT2D eigenvalue weighted by atomic mass is 10.0. The van der Waals surface area contributed by atoms with Crippen LogP contribution in [0.15, 0.2) is 12.2 Å². The summed E-state index contributed by atoms with van der Waals surface area (Å²) in [5.41, 5.74) is 0. The number of hydrogen-bond acceptors (Lipinski definition) is 1. The van der Waals surface area contributed by atoms with E-state index in [4.69, 9.17) is 5.11 Å². The molecule has 0 aromatic carbocycles. The van der Waals surface area contributed by atoms with Crippen LogP contribution in [0.25, 0.3) is 0 Å². The molecule has 59 valence electrons. The highest BCUT2D eigenvalue weighted by molar-refractivity contribution is 4.90. The zero-order chi connectivity index (χ0) is 7.98. The minimum absolute atomic E-state index is 0.229. The third-order valence-corrected chi connectivity index (χ3v) is 1.64. The summed E-state index contributed by atoms with van der Waals surface area (Å²) in [7, 11) is 0. The molecule has 0 aliphatic carbocycles. The SMILES string of the molecule is [CH2]C/C=C/C(CC)C(C)O. The third-order valence-electron chi connectivity index (χ3n) is 1.64. The van der Waals surface area contributed by atoms with Gasteiger partial charge in [-0.15, -0.1) is 0 Å². The van der Waals surface area contributed by atoms with Gasteiger partial charge >= 0.3 is 0 Å². The first kappa shape index (κ1) is 9.70. The van der Waals surface area contributed by atoms with Crippen LogP contribution >= 0.6 is 0 Å². The molecule has 1 nitrogen and oxygen atoms in total. The second-order valence-electron chi connectivity index (χ2n) is 2.53. The average Bonchev–Trinajstić information content (AvgIpc) is 1.89. The van der Waals surface area contributed by atoms with Crippen molar-refractivity contribution in [3.8, 4) is 0 Å². The Bertz CT molecular complexity index is 94.9. The molecule has 0 fully saturated rings. The summed E-state index contributed by atoms with van der Waals surface area (Å²) in [6.07, 6.45) is 5.61. The molecule has 0 aliphatic heterocycles. The molecule has 2 unspecified atom stereocenters. The lowest BCUT2D eigenvalue weighted by Crippen LogP contribution is -2.12. The number of aliphatic hydroxyl groups excluding tert-OH is 1. The topological polar surface area (TPSA) is 20.2 Å². The van der Waals surface area contributed by atoms with Crippen LogP contribution in [0.5, 0.6) is 0 Å². The van der Waals surface area contributed by atoms with Crippen molar-refractivity contribution in [2.24, 2.45) is 5.92 Å². The van der Waals surface area contributed by atoms with Crippen LogP contribution in [0.1, 0.15) is 26.7 Å². The van der Waals surface area contributed by atoms with Gasteiger partial charge in [0.15, 0.2) is 0 Å². The second kappa shape index (κ2) is 5.48. The Morgan fingerprint density at radius 1 is 1.60 bits per heavy atom. The van der Waals surface area contributed by atoms with Gasteiger partial charge in [-0.1, -0.05) is 19.1 Å². The van der Waals surface area contributed by atoms with E-state index in [-0.39, 0.29) is 6.10 Å². The molecule has 0 saturated heterocycles. The molecule has 0 heterocycles. The zero-order valence-electron chi connectivity index (χ0n) is 6.88. The standard InChI is InChI=1S/C9H17O/c1-4-6-7-9(5-2)8(3)10/h6-10H,1,4-5H2,2-3H3/b7-6+. The Balaban J connectivity index is 3.71. The van der Waals surface area contributed by atoms with Crippen molar-refractivity contribution in [3.63, 3.8) is 0 Å². The van der Waals surface area contributed by atoms with Crippen molar-refractivity contribution in [2.45, 2.75) is 32.8 Å². The van der Waals surface area contributed by atoms with Gasteiger partial charge < -0.3 is 5.11 Å². The fourth-order valence-corrected chi connectivity index (χ4v) is 0.909. The lowest BCUT2D eigenvalue weighted by molar-refractivity contribution is 0.147. The van der Waals surface area contributed by atoms with Gasteiger partial charge in [0.1, 0.15) is 0 Å². The van der Waals surface area contributed by atoms with Gasteiger partial charge in [-0.2, -0.15) is 0 Å². The van der Waals surface area contributed by atoms with Gasteiger partial charge in [0, 0.05) is 5.92 Å². The van der Waals surface area contributed by atoms with Crippen LogP contribution in [-0.4, -0.2) is 11.2 Å². The first-order valence-electron chi connectivity index (χ1n) is 3.86. The highest BCUT2D eigenvalue weighted by Gasteiger charge is 2.06. The van der Waals surface area contributed by atoms with Crippen molar-refractivity contribution in [2.75, 3.05) is 0 Å². The quantitative estimate of drug-likeness (QED) is 0.595. The van der Waals surface area contributed by atoms with Crippen LogP contribution in [0.3, 0.4) is 0 Å². The predicted molar refractivity (Wildman–Crippen MR) is 44.6 cm³/mol. The van der Waals surface area contributed by atoms with Crippen LogP contribution in [0, 0.1) is 12.8 Å². The van der Waals surface area contributed by atoms with E-state index in [2.05, 4.69) is 13.8 Å². The Kier molecular flexibility index (Phi) is 5.32. The summed E-state index contributed by atoms with van der Waals surface area (Å²) in [6.45, 7) is 7.58. The molecule has 0 aliphatic rings. The number of hydrogen-bond donors (Lipinski definition) is 1. The molecule has 0 aromatic heterocycles. The molecule has 2 atom stereocenters. The summed E-state index contributed by atoms with van der Waals surface area (Å²) >= 11 is 0. The fourth-order valence-electron chi connectivity index (χ4n) is 0.909. The van der Waals surface area contributed by atoms with E-state index in [1.165, 1.54) is 0 Å². The van der Waals surface area contributed by atoms with E-state index >= 15 is 0 Å². The minimum Gasteiger partial charge on any atom is -0.393 e. The van der Waals surface area contributed by atoms with E-state index in [1.807, 2.05) is 19.1 Å². The summed E-state index contributed by atoms with van der Waals surface area (Å²) in [6, 6.07) is 0. The monoisotopic (exact) mass is 141 g/mol. The average molecular weight is 141 g/mol. The molecule has 0 bridgehead atoms. The van der Waals surface area contributed by atoms with Crippen molar-refractivity contribution in [1.29, 1.82) is 0 Å². The Labute approximate surface area is 63.8 Å². The second-order valence-corrected chi connectivity index (χ2v) is 2.53. The molecular weight excluding hydrogens is 124 g/mol. The normalized spacial score (nSPS) is 17.6. The minimum atomic E-state index is -0.229. The Morgan fingerprint density at radius 3 is 2.50 bits per heavy atom. The maximum Gasteiger partial charge on any atom is 0.0574 e. The van der Waals surface area contributed by atoms with E-state index in [0.717, 1.165) is 12.8 Å². The first-order chi connectivity index (χ1) is 4.72. The van der Waals surface area contributed by atoms with Gasteiger partial charge in [-0.25, -0.2) is 0 Å². The van der Waals surface area contributed by atoms with E-state index in [9.17, 15) is 0 Å². The smallest absolute Gasteiger partial charge is 0.0574 e. The highest BCUT2D eigenvalue weighted by atomic mass is 16.3. The number of aliphatic hydroxyl groups is 1. The third kappa shape index (κ3) is 3.67. The fraction of sp³-hybridized carbons (Fsp3) is 0.667. The summed E-state index contributed by atoms with van der Waals surface area (Å²) in [5, 5.41) is 9.17. The van der Waals surface area contributed by atoms with E-state index in [1.54, 1.807) is 0 Å². The molecule has 0 rings (SSSR count). The van der Waals surface area contributed by atoms with Crippen molar-refractivity contribution in [1.82, 2.24) is 0 Å². The van der Waals surface area contributed by atoms with Crippen molar-refractivity contribution >= 4 is 0 Å². The first-order valence-corrected chi connectivity index (χ1v) is 3.86. The van der Waals surface area contributed by atoms with Crippen LogP contribution in [0.2, 0.25) is 0 Å². The van der Waals surface area contributed by atoms with E-state index < -0.39 is 0 Å². The largest absolute Gasteiger partial charge is 0.393 e. The molecule has 0 aromatic rings. The van der Waals surface area contributed by atoms with Gasteiger partial charge in [-0.05, 0) is 26.7 Å². The summed E-state index contributed by atoms with van der Waals surface area (Å²) in [4.78, 5) is 0. The van der Waals surface area contributed by atoms with Gasteiger partial charge in [0.2, 0.25) is 0 Å². The van der Waals surface area contributed by atoms with Gasteiger partial charge in [-0.3, -0.25) is 0 Å². The molecule has 1 heteroatoms. The predicted octanol–water partition coefficient (Wildman–Crippen LogP) is 2.17. The highest BCUT2D eigenvalue weighted by Crippen LogP contribution is 2.09. The number of rotatable bonds is 4. The Hall–Kier alpha value is -0.300. The molecule has 1 N–H and O–H groups in total. The number of allylic oxidation sites excluding steroid dienone is 1. The molecule has 0 saturated carbocycles. The lowest BCUT2D eigenvalue weighted by Gasteiger charge is -2.12. The molecule has 0 amide bonds. The van der Waals surface area contributed by atoms with Crippen molar-refractivity contribution in [3.05, 3.63) is 19.1 Å².